The van der Waals surface area contributed by atoms with Crippen LogP contribution in [0.5, 0.6) is 5.75 Å². The molecule has 0 spiro atoms. The second kappa shape index (κ2) is 8.14. The number of para-hydroxylation sites is 1. The summed E-state index contributed by atoms with van der Waals surface area (Å²) in [5, 5.41) is 0. The molecule has 0 fully saturated rings. The predicted molar refractivity (Wildman–Crippen MR) is 91.8 cm³/mol. The Balaban J connectivity index is 1.91. The molecule has 0 aromatic heterocycles. The first kappa shape index (κ1) is 16.8. The van der Waals surface area contributed by atoms with Crippen molar-refractivity contribution in [2.24, 2.45) is 0 Å². The average Bonchev–Trinajstić information content (AvgIpc) is 2.58. The monoisotopic (exact) mass is 374 g/mol. The van der Waals surface area contributed by atoms with Crippen LogP contribution in [0.2, 0.25) is 0 Å². The Morgan fingerprint density at radius 1 is 1.04 bits per heavy atom. The molecule has 2 N–H and O–H groups in total. The number of benzene rings is 2. The zero-order chi connectivity index (χ0) is 16.7. The standard InChI is InChI=1S/C17H15BrN2O3/c1-23-15-5-3-2-4-12(15)8-11-16(21)19-20-17(22)13-6-9-14(18)10-7-13/h2-11H,1H3,(H,19,21)(H,20,22)/b11-8+. The molecule has 0 unspecified atom stereocenters. The molecule has 23 heavy (non-hydrogen) atoms. The number of carbonyl (C=O) groups excluding carboxylic acids is 2. The zero-order valence-corrected chi connectivity index (χ0v) is 14.0. The fourth-order valence-electron chi connectivity index (χ4n) is 1.80. The first-order valence-electron chi connectivity index (χ1n) is 6.77. The summed E-state index contributed by atoms with van der Waals surface area (Å²) in [5.74, 6) is -0.173. The lowest BCUT2D eigenvalue weighted by Crippen LogP contribution is -2.40. The van der Waals surface area contributed by atoms with Crippen molar-refractivity contribution in [2.75, 3.05) is 7.11 Å². The normalized spacial score (nSPS) is 10.3. The van der Waals surface area contributed by atoms with Gasteiger partial charge in [-0.3, -0.25) is 20.4 Å². The van der Waals surface area contributed by atoms with E-state index in [0.717, 1.165) is 10.0 Å². The van der Waals surface area contributed by atoms with E-state index in [1.807, 2.05) is 18.2 Å². The van der Waals surface area contributed by atoms with Crippen LogP contribution in [-0.2, 0) is 4.79 Å². The molecule has 2 amide bonds. The third kappa shape index (κ3) is 4.96. The number of carbonyl (C=O) groups is 2. The number of halogens is 1. The van der Waals surface area contributed by atoms with Crippen molar-refractivity contribution in [2.45, 2.75) is 0 Å². The van der Waals surface area contributed by atoms with E-state index >= 15 is 0 Å². The van der Waals surface area contributed by atoms with E-state index in [1.54, 1.807) is 43.5 Å². The molecule has 6 heteroatoms. The van der Waals surface area contributed by atoms with E-state index in [0.29, 0.717) is 11.3 Å². The van der Waals surface area contributed by atoms with Crippen LogP contribution in [0.4, 0.5) is 0 Å². The Morgan fingerprint density at radius 2 is 1.74 bits per heavy atom. The number of hydrazine groups is 1. The van der Waals surface area contributed by atoms with Gasteiger partial charge in [0.25, 0.3) is 11.8 Å². The summed E-state index contributed by atoms with van der Waals surface area (Å²) in [6, 6.07) is 14.1. The molecule has 118 valence electrons. The molecule has 5 nitrogen and oxygen atoms in total. The Hall–Kier alpha value is -2.60. The Morgan fingerprint density at radius 3 is 2.43 bits per heavy atom. The lowest BCUT2D eigenvalue weighted by Gasteiger charge is -2.06. The van der Waals surface area contributed by atoms with Gasteiger partial charge in [0.15, 0.2) is 0 Å². The lowest BCUT2D eigenvalue weighted by molar-refractivity contribution is -0.117. The number of hydrogen-bond acceptors (Lipinski definition) is 3. The molecule has 2 rings (SSSR count). The molecule has 0 radical (unpaired) electrons. The number of methoxy groups -OCH3 is 1. The van der Waals surface area contributed by atoms with Crippen LogP contribution in [0.15, 0.2) is 59.1 Å². The maximum atomic E-state index is 11.8. The van der Waals surface area contributed by atoms with Gasteiger partial charge in [-0.25, -0.2) is 0 Å². The third-order valence-corrected chi connectivity index (χ3v) is 3.49. The minimum Gasteiger partial charge on any atom is -0.496 e. The molecule has 0 heterocycles. The molecule has 0 bridgehead atoms. The van der Waals surface area contributed by atoms with Gasteiger partial charge in [0.1, 0.15) is 5.75 Å². The molecular weight excluding hydrogens is 360 g/mol. The van der Waals surface area contributed by atoms with Crippen molar-refractivity contribution < 1.29 is 14.3 Å². The van der Waals surface area contributed by atoms with Crippen molar-refractivity contribution >= 4 is 33.8 Å². The van der Waals surface area contributed by atoms with E-state index in [2.05, 4.69) is 26.8 Å². The molecule has 0 aliphatic rings. The van der Waals surface area contributed by atoms with Crippen LogP contribution >= 0.6 is 15.9 Å². The van der Waals surface area contributed by atoms with E-state index < -0.39 is 11.8 Å². The highest BCUT2D eigenvalue weighted by Crippen LogP contribution is 2.18. The summed E-state index contributed by atoms with van der Waals surface area (Å²) in [4.78, 5) is 23.6. The maximum absolute atomic E-state index is 11.8. The van der Waals surface area contributed by atoms with Gasteiger partial charge in [0.05, 0.1) is 7.11 Å². The first-order valence-corrected chi connectivity index (χ1v) is 7.56. The van der Waals surface area contributed by atoms with E-state index in [-0.39, 0.29) is 0 Å². The topological polar surface area (TPSA) is 67.4 Å². The van der Waals surface area contributed by atoms with E-state index in [4.69, 9.17) is 4.74 Å². The smallest absolute Gasteiger partial charge is 0.269 e. The zero-order valence-electron chi connectivity index (χ0n) is 12.4. The second-order valence-corrected chi connectivity index (χ2v) is 5.44. The van der Waals surface area contributed by atoms with Gasteiger partial charge in [-0.1, -0.05) is 34.1 Å². The quantitative estimate of drug-likeness (QED) is 0.638. The van der Waals surface area contributed by atoms with Crippen LogP contribution < -0.4 is 15.6 Å². The highest BCUT2D eigenvalue weighted by Gasteiger charge is 2.05. The van der Waals surface area contributed by atoms with Crippen molar-refractivity contribution in [3.8, 4) is 5.75 Å². The van der Waals surface area contributed by atoms with Gasteiger partial charge in [0, 0.05) is 21.7 Å². The lowest BCUT2D eigenvalue weighted by atomic mass is 10.2. The Bertz CT molecular complexity index is 727. The summed E-state index contributed by atoms with van der Waals surface area (Å²) in [5.41, 5.74) is 5.89. The highest BCUT2D eigenvalue weighted by molar-refractivity contribution is 9.10. The van der Waals surface area contributed by atoms with Crippen molar-refractivity contribution in [3.05, 3.63) is 70.2 Å². The molecule has 0 atom stereocenters. The minimum atomic E-state index is -0.443. The third-order valence-electron chi connectivity index (χ3n) is 2.96. The van der Waals surface area contributed by atoms with Gasteiger partial charge in [-0.15, -0.1) is 0 Å². The van der Waals surface area contributed by atoms with E-state index in [1.165, 1.54) is 6.08 Å². The molecule has 0 aliphatic heterocycles. The summed E-state index contributed by atoms with van der Waals surface area (Å²) in [6.45, 7) is 0. The molecular formula is C17H15BrN2O3. The Kier molecular flexibility index (Phi) is 5.94. The fourth-order valence-corrected chi connectivity index (χ4v) is 2.07. The van der Waals surface area contributed by atoms with Crippen molar-refractivity contribution in [1.29, 1.82) is 0 Å². The van der Waals surface area contributed by atoms with Crippen LogP contribution in [-0.4, -0.2) is 18.9 Å². The molecule has 0 aliphatic carbocycles. The van der Waals surface area contributed by atoms with Gasteiger partial charge >= 0.3 is 0 Å². The van der Waals surface area contributed by atoms with Crippen LogP contribution in [0.3, 0.4) is 0 Å². The predicted octanol–water partition coefficient (Wildman–Crippen LogP) is 2.93. The van der Waals surface area contributed by atoms with Crippen LogP contribution in [0.1, 0.15) is 15.9 Å². The van der Waals surface area contributed by atoms with Crippen LogP contribution in [0.25, 0.3) is 6.08 Å². The van der Waals surface area contributed by atoms with Crippen molar-refractivity contribution in [1.82, 2.24) is 10.9 Å². The fraction of sp³-hybridized carbons (Fsp3) is 0.0588. The first-order chi connectivity index (χ1) is 11.1. The number of amides is 2. The molecule has 2 aromatic carbocycles. The molecule has 0 saturated carbocycles. The number of rotatable bonds is 4. The summed E-state index contributed by atoms with van der Waals surface area (Å²) >= 11 is 3.29. The summed E-state index contributed by atoms with van der Waals surface area (Å²) < 4.78 is 6.06. The van der Waals surface area contributed by atoms with Crippen molar-refractivity contribution in [3.63, 3.8) is 0 Å². The maximum Gasteiger partial charge on any atom is 0.269 e. The van der Waals surface area contributed by atoms with Gasteiger partial charge in [-0.05, 0) is 36.4 Å². The van der Waals surface area contributed by atoms with Gasteiger partial charge in [0.2, 0.25) is 0 Å². The number of hydrogen-bond donors (Lipinski definition) is 2. The largest absolute Gasteiger partial charge is 0.496 e. The van der Waals surface area contributed by atoms with Crippen LogP contribution in [0, 0.1) is 0 Å². The Labute approximate surface area is 142 Å². The SMILES string of the molecule is COc1ccccc1/C=C/C(=O)NNC(=O)c1ccc(Br)cc1. The summed E-state index contributed by atoms with van der Waals surface area (Å²) in [7, 11) is 1.56. The van der Waals surface area contributed by atoms with Gasteiger partial charge in [-0.2, -0.15) is 0 Å². The van der Waals surface area contributed by atoms with Gasteiger partial charge < -0.3 is 4.74 Å². The minimum absolute atomic E-state index is 0.392. The summed E-state index contributed by atoms with van der Waals surface area (Å²) in [6.07, 6.45) is 2.93. The molecule has 0 saturated heterocycles. The number of nitrogens with one attached hydrogen (secondary N) is 2. The molecule has 2 aromatic rings. The number of ether oxygens (including phenoxy) is 1. The second-order valence-electron chi connectivity index (χ2n) is 4.53. The van der Waals surface area contributed by atoms with E-state index in [9.17, 15) is 9.59 Å². The highest BCUT2D eigenvalue weighted by atomic mass is 79.9. The average molecular weight is 375 g/mol.